The standard InChI is InChI=1S/C36H44N6O4/c1-24-7-14-29(15-8-24)42-33(23-32(40-42)36(2,3)4)39-34(43)37-27-11-9-25(10-12-27)21-26-17-19-41(20-18-26)35(44)38-28-13-16-30(45-5)31(22-28)46-6/h7-16,22-23,26H,17-21H2,1-6H3,(H,38,44)(H2,37,39,43). The molecule has 1 aromatic heterocycles. The minimum atomic E-state index is -0.333. The van der Waals surface area contributed by atoms with Crippen molar-refractivity contribution in [3.63, 3.8) is 0 Å². The minimum Gasteiger partial charge on any atom is -0.493 e. The first-order chi connectivity index (χ1) is 22.0. The molecule has 0 radical (unpaired) electrons. The number of methoxy groups -OCH3 is 2. The predicted octanol–water partition coefficient (Wildman–Crippen LogP) is 7.63. The molecule has 0 atom stereocenters. The molecule has 0 unspecified atom stereocenters. The van der Waals surface area contributed by atoms with Crippen LogP contribution >= 0.6 is 0 Å². The molecule has 242 valence electrons. The molecular weight excluding hydrogens is 580 g/mol. The van der Waals surface area contributed by atoms with Gasteiger partial charge in [0.25, 0.3) is 0 Å². The van der Waals surface area contributed by atoms with Crippen LogP contribution in [0.1, 0.15) is 50.4 Å². The van der Waals surface area contributed by atoms with Crippen LogP contribution in [0.25, 0.3) is 5.69 Å². The molecule has 1 aliphatic heterocycles. The van der Waals surface area contributed by atoms with E-state index in [-0.39, 0.29) is 17.5 Å². The van der Waals surface area contributed by atoms with Crippen molar-refractivity contribution in [2.75, 3.05) is 43.3 Å². The fourth-order valence-electron chi connectivity index (χ4n) is 5.51. The molecule has 3 N–H and O–H groups in total. The largest absolute Gasteiger partial charge is 0.493 e. The van der Waals surface area contributed by atoms with Gasteiger partial charge in [-0.1, -0.05) is 50.6 Å². The van der Waals surface area contributed by atoms with E-state index in [0.29, 0.717) is 47.7 Å². The van der Waals surface area contributed by atoms with Gasteiger partial charge in [0.1, 0.15) is 5.82 Å². The minimum absolute atomic E-state index is 0.115. The number of aryl methyl sites for hydroxylation is 1. The SMILES string of the molecule is COc1ccc(NC(=O)N2CCC(Cc3ccc(NC(=O)Nc4cc(C(C)(C)C)nn4-c4ccc(C)cc4)cc3)CC2)cc1OC. The number of aromatic nitrogens is 2. The Bertz CT molecular complexity index is 1650. The quantitative estimate of drug-likeness (QED) is 0.187. The molecule has 0 spiro atoms. The molecule has 10 heteroatoms. The zero-order chi connectivity index (χ0) is 32.8. The van der Waals surface area contributed by atoms with Crippen LogP contribution in [0, 0.1) is 12.8 Å². The number of amides is 4. The number of nitrogens with one attached hydrogen (secondary N) is 3. The number of nitrogens with zero attached hydrogens (tertiary/aromatic N) is 3. The van der Waals surface area contributed by atoms with Gasteiger partial charge in [0, 0.05) is 42.0 Å². The lowest BCUT2D eigenvalue weighted by atomic mass is 9.90. The Kier molecular flexibility index (Phi) is 9.84. The Balaban J connectivity index is 1.12. The van der Waals surface area contributed by atoms with Crippen LogP contribution in [0.5, 0.6) is 11.5 Å². The first-order valence-electron chi connectivity index (χ1n) is 15.6. The highest BCUT2D eigenvalue weighted by Gasteiger charge is 2.24. The normalized spacial score (nSPS) is 13.7. The summed E-state index contributed by atoms with van der Waals surface area (Å²) in [5.74, 6) is 2.27. The highest BCUT2D eigenvalue weighted by Crippen LogP contribution is 2.31. The lowest BCUT2D eigenvalue weighted by Crippen LogP contribution is -2.41. The van der Waals surface area contributed by atoms with Crippen LogP contribution in [0.2, 0.25) is 0 Å². The zero-order valence-electron chi connectivity index (χ0n) is 27.5. The van der Waals surface area contributed by atoms with E-state index in [1.165, 1.54) is 5.56 Å². The number of piperidine rings is 1. The number of rotatable bonds is 8. The lowest BCUT2D eigenvalue weighted by Gasteiger charge is -2.32. The molecule has 4 amide bonds. The second-order valence-electron chi connectivity index (χ2n) is 12.8. The van der Waals surface area contributed by atoms with Crippen molar-refractivity contribution >= 4 is 29.3 Å². The van der Waals surface area contributed by atoms with Gasteiger partial charge in [0.2, 0.25) is 0 Å². The molecule has 46 heavy (non-hydrogen) atoms. The number of urea groups is 2. The molecule has 0 saturated carbocycles. The van der Waals surface area contributed by atoms with E-state index >= 15 is 0 Å². The van der Waals surface area contributed by atoms with Gasteiger partial charge in [-0.3, -0.25) is 5.32 Å². The molecular formula is C36H44N6O4. The summed E-state index contributed by atoms with van der Waals surface area (Å²) < 4.78 is 12.4. The Labute approximate surface area is 271 Å². The molecule has 3 aromatic carbocycles. The Morgan fingerprint density at radius 3 is 2.11 bits per heavy atom. The summed E-state index contributed by atoms with van der Waals surface area (Å²) in [6.07, 6.45) is 2.77. The van der Waals surface area contributed by atoms with Gasteiger partial charge in [-0.25, -0.2) is 14.3 Å². The van der Waals surface area contributed by atoms with Crippen LogP contribution in [0.3, 0.4) is 0 Å². The zero-order valence-corrected chi connectivity index (χ0v) is 27.5. The third-order valence-corrected chi connectivity index (χ3v) is 8.27. The molecule has 1 fully saturated rings. The smallest absolute Gasteiger partial charge is 0.324 e. The van der Waals surface area contributed by atoms with E-state index in [4.69, 9.17) is 14.6 Å². The number of carbonyl (C=O) groups is 2. The van der Waals surface area contributed by atoms with Gasteiger partial charge in [-0.05, 0) is 74.1 Å². The highest BCUT2D eigenvalue weighted by atomic mass is 16.5. The summed E-state index contributed by atoms with van der Waals surface area (Å²) in [5, 5.41) is 13.7. The van der Waals surface area contributed by atoms with Gasteiger partial charge in [-0.2, -0.15) is 5.10 Å². The van der Waals surface area contributed by atoms with E-state index in [1.807, 2.05) is 54.3 Å². The number of carbonyl (C=O) groups excluding carboxylic acids is 2. The molecule has 1 aliphatic rings. The molecule has 0 aliphatic carbocycles. The lowest BCUT2D eigenvalue weighted by molar-refractivity contribution is 0.182. The van der Waals surface area contributed by atoms with Crippen molar-refractivity contribution in [3.8, 4) is 17.2 Å². The van der Waals surface area contributed by atoms with Crippen LogP contribution in [0.4, 0.5) is 26.8 Å². The molecule has 10 nitrogen and oxygen atoms in total. The highest BCUT2D eigenvalue weighted by molar-refractivity contribution is 5.99. The average molecular weight is 625 g/mol. The van der Waals surface area contributed by atoms with Crippen LogP contribution in [0.15, 0.2) is 72.8 Å². The maximum Gasteiger partial charge on any atom is 0.324 e. The van der Waals surface area contributed by atoms with Gasteiger partial charge in [-0.15, -0.1) is 0 Å². The summed E-state index contributed by atoms with van der Waals surface area (Å²) in [6, 6.07) is 22.8. The molecule has 0 bridgehead atoms. The van der Waals surface area contributed by atoms with Crippen LogP contribution in [-0.4, -0.2) is 54.1 Å². The number of hydrogen-bond acceptors (Lipinski definition) is 5. The average Bonchev–Trinajstić information content (AvgIpc) is 3.47. The fraction of sp³-hybridized carbons (Fsp3) is 0.361. The Morgan fingerprint density at radius 1 is 0.826 bits per heavy atom. The van der Waals surface area contributed by atoms with E-state index < -0.39 is 0 Å². The van der Waals surface area contributed by atoms with Gasteiger partial charge < -0.3 is 25.0 Å². The molecule has 1 saturated heterocycles. The summed E-state index contributed by atoms with van der Waals surface area (Å²) in [6.45, 7) is 9.73. The number of hydrogen-bond donors (Lipinski definition) is 3. The van der Waals surface area contributed by atoms with Gasteiger partial charge in [0.15, 0.2) is 11.5 Å². The number of ether oxygens (including phenoxy) is 2. The number of benzene rings is 3. The molecule has 2 heterocycles. The van der Waals surface area contributed by atoms with Crippen molar-refractivity contribution in [3.05, 3.63) is 89.6 Å². The summed E-state index contributed by atoms with van der Waals surface area (Å²) in [4.78, 5) is 27.8. The van der Waals surface area contributed by atoms with Crippen LogP contribution in [-0.2, 0) is 11.8 Å². The second kappa shape index (κ2) is 14.0. The number of likely N-dealkylation sites (tertiary alicyclic amines) is 1. The van der Waals surface area contributed by atoms with E-state index in [2.05, 4.69) is 48.9 Å². The monoisotopic (exact) mass is 624 g/mol. The summed E-state index contributed by atoms with van der Waals surface area (Å²) >= 11 is 0. The topological polar surface area (TPSA) is 110 Å². The van der Waals surface area contributed by atoms with Crippen molar-refractivity contribution in [1.82, 2.24) is 14.7 Å². The number of anilines is 3. The first kappa shape index (κ1) is 32.4. The van der Waals surface area contributed by atoms with Crippen molar-refractivity contribution in [2.45, 2.75) is 52.4 Å². The summed E-state index contributed by atoms with van der Waals surface area (Å²) in [7, 11) is 3.15. The van der Waals surface area contributed by atoms with Gasteiger partial charge in [0.05, 0.1) is 25.6 Å². The van der Waals surface area contributed by atoms with E-state index in [9.17, 15) is 9.59 Å². The Morgan fingerprint density at radius 2 is 1.48 bits per heavy atom. The van der Waals surface area contributed by atoms with Gasteiger partial charge >= 0.3 is 12.1 Å². The summed E-state index contributed by atoms with van der Waals surface area (Å²) in [5.41, 5.74) is 5.32. The van der Waals surface area contributed by atoms with Crippen molar-refractivity contribution in [2.24, 2.45) is 5.92 Å². The third-order valence-electron chi connectivity index (χ3n) is 8.27. The maximum absolute atomic E-state index is 13.0. The molecule has 4 aromatic rings. The van der Waals surface area contributed by atoms with E-state index in [0.717, 1.165) is 36.2 Å². The second-order valence-corrected chi connectivity index (χ2v) is 12.8. The van der Waals surface area contributed by atoms with Crippen LogP contribution < -0.4 is 25.4 Å². The maximum atomic E-state index is 13.0. The van der Waals surface area contributed by atoms with Crippen molar-refractivity contribution in [1.29, 1.82) is 0 Å². The molecule has 5 rings (SSSR count). The third kappa shape index (κ3) is 7.99. The predicted molar refractivity (Wildman–Crippen MR) is 183 cm³/mol. The Hall–Kier alpha value is -4.99. The van der Waals surface area contributed by atoms with E-state index in [1.54, 1.807) is 37.1 Å². The van der Waals surface area contributed by atoms with Crippen molar-refractivity contribution < 1.29 is 19.1 Å². The first-order valence-corrected chi connectivity index (χ1v) is 15.6. The fourth-order valence-corrected chi connectivity index (χ4v) is 5.51.